The molecule has 1 unspecified atom stereocenters. The van der Waals surface area contributed by atoms with Gasteiger partial charge in [0.15, 0.2) is 0 Å². The first-order chi connectivity index (χ1) is 8.49. The van der Waals surface area contributed by atoms with E-state index < -0.39 is 5.60 Å². The lowest BCUT2D eigenvalue weighted by molar-refractivity contribution is 0.0563. The summed E-state index contributed by atoms with van der Waals surface area (Å²) in [6, 6.07) is 6.00. The van der Waals surface area contributed by atoms with Gasteiger partial charge < -0.3 is 15.2 Å². The van der Waals surface area contributed by atoms with Gasteiger partial charge in [-0.2, -0.15) is 0 Å². The summed E-state index contributed by atoms with van der Waals surface area (Å²) in [7, 11) is 0. The molecule has 0 aliphatic carbocycles. The number of nitrogens with one attached hydrogen (secondary N) is 1. The van der Waals surface area contributed by atoms with Gasteiger partial charge in [0.2, 0.25) is 0 Å². The second kappa shape index (κ2) is 5.29. The molecule has 0 bridgehead atoms. The molecule has 0 aromatic heterocycles. The predicted molar refractivity (Wildman–Crippen MR) is 72.9 cm³/mol. The van der Waals surface area contributed by atoms with Crippen molar-refractivity contribution in [3.05, 3.63) is 29.3 Å². The average molecular weight is 249 g/mol. The molecule has 3 nitrogen and oxygen atoms in total. The highest BCUT2D eigenvalue weighted by atomic mass is 16.5. The van der Waals surface area contributed by atoms with Crippen molar-refractivity contribution in [3.63, 3.8) is 0 Å². The number of ether oxygens (including phenoxy) is 1. The van der Waals surface area contributed by atoms with Crippen LogP contribution in [0.25, 0.3) is 0 Å². The lowest BCUT2D eigenvalue weighted by Crippen LogP contribution is -2.37. The summed E-state index contributed by atoms with van der Waals surface area (Å²) in [6.07, 6.45) is 0.943. The fourth-order valence-electron chi connectivity index (χ4n) is 2.23. The molecular weight excluding hydrogens is 226 g/mol. The van der Waals surface area contributed by atoms with Crippen LogP contribution in [0.2, 0.25) is 0 Å². The number of hydrogen-bond acceptors (Lipinski definition) is 3. The highest BCUT2D eigenvalue weighted by Gasteiger charge is 2.24. The van der Waals surface area contributed by atoms with Crippen molar-refractivity contribution >= 4 is 0 Å². The van der Waals surface area contributed by atoms with Gasteiger partial charge in [-0.25, -0.2) is 0 Å². The van der Waals surface area contributed by atoms with Crippen molar-refractivity contribution in [3.8, 4) is 5.75 Å². The van der Waals surface area contributed by atoms with Crippen molar-refractivity contribution in [2.45, 2.75) is 32.8 Å². The van der Waals surface area contributed by atoms with Crippen LogP contribution in [-0.4, -0.2) is 24.8 Å². The third-order valence-electron chi connectivity index (χ3n) is 3.33. The molecule has 1 aromatic carbocycles. The molecule has 0 saturated carbocycles. The first kappa shape index (κ1) is 13.4. The van der Waals surface area contributed by atoms with Crippen LogP contribution in [0.15, 0.2) is 18.2 Å². The van der Waals surface area contributed by atoms with Crippen molar-refractivity contribution in [2.24, 2.45) is 5.92 Å². The zero-order valence-electron chi connectivity index (χ0n) is 11.5. The largest absolute Gasteiger partial charge is 0.493 e. The maximum Gasteiger partial charge on any atom is 0.122 e. The number of hydrogen-bond donors (Lipinski definition) is 2. The zero-order chi connectivity index (χ0) is 13.2. The summed E-state index contributed by atoms with van der Waals surface area (Å²) < 4.78 is 5.48. The van der Waals surface area contributed by atoms with Crippen molar-refractivity contribution in [2.75, 3.05) is 19.7 Å². The van der Waals surface area contributed by atoms with Gasteiger partial charge in [-0.3, -0.25) is 0 Å². The van der Waals surface area contributed by atoms with Crippen LogP contribution in [0.3, 0.4) is 0 Å². The van der Waals surface area contributed by atoms with E-state index in [-0.39, 0.29) is 0 Å². The Morgan fingerprint density at radius 2 is 2.22 bits per heavy atom. The Kier molecular flexibility index (Phi) is 3.93. The molecule has 1 aliphatic heterocycles. The quantitative estimate of drug-likeness (QED) is 0.839. The summed E-state index contributed by atoms with van der Waals surface area (Å²) >= 11 is 0. The van der Waals surface area contributed by atoms with E-state index in [1.54, 1.807) is 0 Å². The molecule has 0 spiro atoms. The van der Waals surface area contributed by atoms with E-state index >= 15 is 0 Å². The second-order valence-electron chi connectivity index (χ2n) is 5.72. The van der Waals surface area contributed by atoms with Gasteiger partial charge in [-0.05, 0) is 42.6 Å². The normalized spacial score (nSPS) is 17.4. The highest BCUT2D eigenvalue weighted by molar-refractivity contribution is 5.41. The first-order valence-electron chi connectivity index (χ1n) is 6.68. The summed E-state index contributed by atoms with van der Waals surface area (Å²) in [5, 5.41) is 13.8. The lowest BCUT2D eigenvalue weighted by atomic mass is 9.93. The van der Waals surface area contributed by atoms with Crippen molar-refractivity contribution in [1.82, 2.24) is 5.32 Å². The third kappa shape index (κ3) is 3.03. The summed E-state index contributed by atoms with van der Waals surface area (Å²) in [4.78, 5) is 0. The van der Waals surface area contributed by atoms with E-state index in [9.17, 15) is 5.11 Å². The van der Waals surface area contributed by atoms with Gasteiger partial charge in [0, 0.05) is 13.0 Å². The van der Waals surface area contributed by atoms with Crippen LogP contribution in [0, 0.1) is 5.92 Å². The Bertz CT molecular complexity index is 413. The molecule has 1 aliphatic rings. The second-order valence-corrected chi connectivity index (χ2v) is 5.72. The van der Waals surface area contributed by atoms with Crippen molar-refractivity contribution < 1.29 is 9.84 Å². The fraction of sp³-hybridized carbons (Fsp3) is 0.600. The van der Waals surface area contributed by atoms with E-state index in [0.717, 1.165) is 30.9 Å². The number of rotatable bonds is 5. The highest BCUT2D eigenvalue weighted by Crippen LogP contribution is 2.30. The molecule has 1 heterocycles. The standard InChI is InChI=1S/C15H23NO2/c1-11(2)9-16-10-15(3,17)13-4-5-14-12(8-13)6-7-18-14/h4-5,8,11,16-17H,6-7,9-10H2,1-3H3. The van der Waals surface area contributed by atoms with E-state index in [4.69, 9.17) is 4.74 Å². The fourth-order valence-corrected chi connectivity index (χ4v) is 2.23. The van der Waals surface area contributed by atoms with Crippen LogP contribution < -0.4 is 10.1 Å². The number of benzene rings is 1. The minimum absolute atomic E-state index is 0.574. The molecule has 0 saturated heterocycles. The van der Waals surface area contributed by atoms with Crippen LogP contribution in [-0.2, 0) is 12.0 Å². The summed E-state index contributed by atoms with van der Waals surface area (Å²) in [6.45, 7) is 8.43. The third-order valence-corrected chi connectivity index (χ3v) is 3.33. The Hall–Kier alpha value is -1.06. The lowest BCUT2D eigenvalue weighted by Gasteiger charge is -2.25. The van der Waals surface area contributed by atoms with E-state index in [1.807, 2.05) is 19.1 Å². The van der Waals surface area contributed by atoms with Gasteiger partial charge in [0.1, 0.15) is 5.75 Å². The molecule has 2 N–H and O–H groups in total. The van der Waals surface area contributed by atoms with Gasteiger partial charge >= 0.3 is 0 Å². The Morgan fingerprint density at radius 1 is 1.44 bits per heavy atom. The SMILES string of the molecule is CC(C)CNCC(C)(O)c1ccc2c(c1)CCO2. The van der Waals surface area contributed by atoms with Gasteiger partial charge in [0.05, 0.1) is 12.2 Å². The minimum atomic E-state index is -0.827. The number of fused-ring (bicyclic) bond motifs is 1. The molecule has 18 heavy (non-hydrogen) atoms. The molecule has 0 amide bonds. The van der Waals surface area contributed by atoms with Crippen LogP contribution in [0.4, 0.5) is 0 Å². The van der Waals surface area contributed by atoms with Gasteiger partial charge in [-0.1, -0.05) is 19.9 Å². The van der Waals surface area contributed by atoms with Crippen molar-refractivity contribution in [1.29, 1.82) is 0 Å². The molecule has 2 rings (SSSR count). The van der Waals surface area contributed by atoms with Gasteiger partial charge in [-0.15, -0.1) is 0 Å². The summed E-state index contributed by atoms with van der Waals surface area (Å²) in [5.41, 5.74) is 1.34. The van der Waals surface area contributed by atoms with Gasteiger partial charge in [0.25, 0.3) is 0 Å². The molecule has 1 atom stereocenters. The van der Waals surface area contributed by atoms with Crippen LogP contribution in [0.1, 0.15) is 31.9 Å². The first-order valence-corrected chi connectivity index (χ1v) is 6.68. The summed E-state index contributed by atoms with van der Waals surface area (Å²) in [5.74, 6) is 1.55. The Labute approximate surface area is 109 Å². The molecule has 3 heteroatoms. The minimum Gasteiger partial charge on any atom is -0.493 e. The number of aliphatic hydroxyl groups is 1. The van der Waals surface area contributed by atoms with Crippen LogP contribution >= 0.6 is 0 Å². The molecule has 0 fully saturated rings. The molecular formula is C15H23NO2. The predicted octanol–water partition coefficient (Wildman–Crippen LogP) is 2.07. The molecule has 100 valence electrons. The maximum absolute atomic E-state index is 10.5. The van der Waals surface area contributed by atoms with E-state index in [2.05, 4.69) is 25.2 Å². The zero-order valence-corrected chi connectivity index (χ0v) is 11.5. The smallest absolute Gasteiger partial charge is 0.122 e. The molecule has 1 aromatic rings. The van der Waals surface area contributed by atoms with E-state index in [0.29, 0.717) is 12.5 Å². The monoisotopic (exact) mass is 249 g/mol. The maximum atomic E-state index is 10.5. The Balaban J connectivity index is 2.04. The Morgan fingerprint density at radius 3 is 2.94 bits per heavy atom. The topological polar surface area (TPSA) is 41.5 Å². The van der Waals surface area contributed by atoms with E-state index in [1.165, 1.54) is 5.56 Å². The van der Waals surface area contributed by atoms with Crippen LogP contribution in [0.5, 0.6) is 5.75 Å². The molecule has 0 radical (unpaired) electrons. The average Bonchev–Trinajstić information content (AvgIpc) is 2.74.